The fourth-order valence-electron chi connectivity index (χ4n) is 1.61. The molecule has 5 nitrogen and oxygen atoms in total. The maximum Gasteiger partial charge on any atom is 0.0682 e. The van der Waals surface area contributed by atoms with Crippen molar-refractivity contribution in [3.8, 4) is 0 Å². The average molecular weight is 226 g/mol. The summed E-state index contributed by atoms with van der Waals surface area (Å²) in [7, 11) is 0. The highest BCUT2D eigenvalue weighted by Crippen LogP contribution is 2.04. The van der Waals surface area contributed by atoms with Gasteiger partial charge in [0.2, 0.25) is 0 Å². The van der Waals surface area contributed by atoms with E-state index in [1.807, 2.05) is 6.92 Å². The van der Waals surface area contributed by atoms with Crippen molar-refractivity contribution in [3.63, 3.8) is 0 Å². The number of nitrogens with two attached hydrogens (primary N) is 2. The normalized spacial score (nSPS) is 22.1. The molecule has 0 radical (unpaired) electrons. The molecule has 1 aliphatic rings. The molecule has 1 aliphatic heterocycles. The van der Waals surface area contributed by atoms with Gasteiger partial charge in [-0.1, -0.05) is 0 Å². The molecule has 0 amide bonds. The maximum atomic E-state index is 5.65. The Morgan fingerprint density at radius 2 is 2.12 bits per heavy atom. The van der Waals surface area contributed by atoms with Gasteiger partial charge in [-0.2, -0.15) is 0 Å². The van der Waals surface area contributed by atoms with Crippen molar-refractivity contribution in [2.24, 2.45) is 16.5 Å². The lowest BCUT2D eigenvalue weighted by Gasteiger charge is -2.31. The van der Waals surface area contributed by atoms with Crippen LogP contribution < -0.4 is 11.5 Å². The second kappa shape index (κ2) is 6.50. The van der Waals surface area contributed by atoms with Gasteiger partial charge in [0.25, 0.3) is 0 Å². The van der Waals surface area contributed by atoms with Crippen LogP contribution in [0, 0.1) is 0 Å². The second-order valence-electron chi connectivity index (χ2n) is 4.05. The Morgan fingerprint density at radius 3 is 2.69 bits per heavy atom. The minimum absolute atomic E-state index is 0.421. The summed E-state index contributed by atoms with van der Waals surface area (Å²) in [6.45, 7) is 8.40. The van der Waals surface area contributed by atoms with Gasteiger partial charge in [-0.3, -0.25) is 9.89 Å². The van der Waals surface area contributed by atoms with Crippen LogP contribution in [0.3, 0.4) is 0 Å². The van der Waals surface area contributed by atoms with E-state index in [4.69, 9.17) is 16.2 Å². The Morgan fingerprint density at radius 1 is 1.50 bits per heavy atom. The second-order valence-corrected chi connectivity index (χ2v) is 4.05. The minimum atomic E-state index is 0.421. The summed E-state index contributed by atoms with van der Waals surface area (Å²) in [5.41, 5.74) is 12.3. The van der Waals surface area contributed by atoms with Crippen LogP contribution in [-0.4, -0.2) is 49.5 Å². The summed E-state index contributed by atoms with van der Waals surface area (Å²) in [5, 5.41) is 0. The van der Waals surface area contributed by atoms with Crippen molar-refractivity contribution in [3.05, 3.63) is 11.9 Å². The number of hydrogen-bond acceptors (Lipinski definition) is 5. The molecule has 0 saturated carbocycles. The third-order valence-electron chi connectivity index (χ3n) is 2.86. The number of rotatable bonds is 4. The lowest BCUT2D eigenvalue weighted by Crippen LogP contribution is -2.43. The predicted molar refractivity (Wildman–Crippen MR) is 66.3 cm³/mol. The van der Waals surface area contributed by atoms with Gasteiger partial charge >= 0.3 is 0 Å². The molecule has 5 heteroatoms. The van der Waals surface area contributed by atoms with Crippen molar-refractivity contribution in [1.29, 1.82) is 0 Å². The molecule has 0 aromatic heterocycles. The topological polar surface area (TPSA) is 76.9 Å². The monoisotopic (exact) mass is 226 g/mol. The lowest BCUT2D eigenvalue weighted by atomic mass is 10.2. The van der Waals surface area contributed by atoms with Gasteiger partial charge in [0.15, 0.2) is 0 Å². The molecule has 0 spiro atoms. The standard InChI is InChI=1S/C11H22N4O/c1-9(15-3-5-16-6-4-15)8-14-10(2)11(13)7-12/h7,9H,3-6,8,12-13H2,1-2H3. The minimum Gasteiger partial charge on any atom is -0.403 e. The Bertz CT molecular complexity index is 269. The van der Waals surface area contributed by atoms with Crippen LogP contribution >= 0.6 is 0 Å². The highest BCUT2D eigenvalue weighted by molar-refractivity contribution is 5.97. The summed E-state index contributed by atoms with van der Waals surface area (Å²) in [5.74, 6) is 0. The molecule has 1 saturated heterocycles. The van der Waals surface area contributed by atoms with Crippen LogP contribution in [0.5, 0.6) is 0 Å². The van der Waals surface area contributed by atoms with Gasteiger partial charge in [-0.25, -0.2) is 0 Å². The third-order valence-corrected chi connectivity index (χ3v) is 2.86. The van der Waals surface area contributed by atoms with E-state index in [9.17, 15) is 0 Å². The zero-order valence-corrected chi connectivity index (χ0v) is 10.1. The largest absolute Gasteiger partial charge is 0.403 e. The molecule has 0 aromatic carbocycles. The molecular formula is C11H22N4O. The van der Waals surface area contributed by atoms with E-state index < -0.39 is 0 Å². The molecule has 0 aliphatic carbocycles. The molecule has 4 N–H and O–H groups in total. The molecule has 1 atom stereocenters. The molecule has 16 heavy (non-hydrogen) atoms. The van der Waals surface area contributed by atoms with Gasteiger partial charge in [0.05, 0.1) is 31.2 Å². The van der Waals surface area contributed by atoms with Crippen LogP contribution in [0.25, 0.3) is 0 Å². The Hall–Kier alpha value is -1.07. The Balaban J connectivity index is 2.41. The first-order chi connectivity index (χ1) is 7.65. The number of hydrogen-bond donors (Lipinski definition) is 2. The van der Waals surface area contributed by atoms with Crippen LogP contribution in [0.15, 0.2) is 16.9 Å². The SMILES string of the molecule is CC(=NCC(C)N1CCOCC1)C(N)=CN. The molecular weight excluding hydrogens is 204 g/mol. The summed E-state index contributed by atoms with van der Waals surface area (Å²) >= 11 is 0. The predicted octanol–water partition coefficient (Wildman–Crippen LogP) is -0.0732. The zero-order chi connectivity index (χ0) is 12.0. The van der Waals surface area contributed by atoms with Crippen LogP contribution in [0.2, 0.25) is 0 Å². The van der Waals surface area contributed by atoms with Gasteiger partial charge in [-0.05, 0) is 13.8 Å². The molecule has 1 unspecified atom stereocenters. The number of allylic oxidation sites excluding steroid dienone is 1. The third kappa shape index (κ3) is 3.83. The molecule has 1 rings (SSSR count). The van der Waals surface area contributed by atoms with Crippen molar-refractivity contribution in [2.75, 3.05) is 32.8 Å². The summed E-state index contributed by atoms with van der Waals surface area (Å²) < 4.78 is 5.31. The van der Waals surface area contributed by atoms with Gasteiger partial charge in [0, 0.05) is 25.3 Å². The first kappa shape index (κ1) is 13.0. The Labute approximate surface area is 97.1 Å². The average Bonchev–Trinajstić information content (AvgIpc) is 2.35. The molecule has 1 fully saturated rings. The molecule has 0 aromatic rings. The number of morpholine rings is 1. The summed E-state index contributed by atoms with van der Waals surface area (Å²) in [6.07, 6.45) is 1.39. The maximum absolute atomic E-state index is 5.65. The van der Waals surface area contributed by atoms with E-state index in [1.165, 1.54) is 6.20 Å². The van der Waals surface area contributed by atoms with Crippen molar-refractivity contribution in [1.82, 2.24) is 4.90 Å². The van der Waals surface area contributed by atoms with Crippen LogP contribution in [-0.2, 0) is 4.74 Å². The lowest BCUT2D eigenvalue weighted by molar-refractivity contribution is 0.0221. The number of aliphatic imine (C=N–C) groups is 1. The van der Waals surface area contributed by atoms with E-state index in [0.717, 1.165) is 38.6 Å². The quantitative estimate of drug-likeness (QED) is 0.658. The van der Waals surface area contributed by atoms with E-state index in [-0.39, 0.29) is 0 Å². The fraction of sp³-hybridized carbons (Fsp3) is 0.727. The molecule has 1 heterocycles. The fourth-order valence-corrected chi connectivity index (χ4v) is 1.61. The highest BCUT2D eigenvalue weighted by atomic mass is 16.5. The van der Waals surface area contributed by atoms with Crippen LogP contribution in [0.4, 0.5) is 0 Å². The smallest absolute Gasteiger partial charge is 0.0682 e. The number of ether oxygens (including phenoxy) is 1. The van der Waals surface area contributed by atoms with E-state index >= 15 is 0 Å². The first-order valence-corrected chi connectivity index (χ1v) is 5.65. The van der Waals surface area contributed by atoms with Gasteiger partial charge < -0.3 is 16.2 Å². The zero-order valence-electron chi connectivity index (χ0n) is 10.1. The Kier molecular flexibility index (Phi) is 5.28. The van der Waals surface area contributed by atoms with Crippen molar-refractivity contribution >= 4 is 5.71 Å². The first-order valence-electron chi connectivity index (χ1n) is 5.65. The van der Waals surface area contributed by atoms with E-state index in [1.54, 1.807) is 0 Å². The van der Waals surface area contributed by atoms with Crippen molar-refractivity contribution in [2.45, 2.75) is 19.9 Å². The van der Waals surface area contributed by atoms with Gasteiger partial charge in [0.1, 0.15) is 0 Å². The molecule has 92 valence electrons. The molecule has 0 bridgehead atoms. The van der Waals surface area contributed by atoms with Crippen LogP contribution in [0.1, 0.15) is 13.8 Å². The number of nitrogens with zero attached hydrogens (tertiary/aromatic N) is 2. The van der Waals surface area contributed by atoms with Crippen molar-refractivity contribution < 1.29 is 4.74 Å². The highest BCUT2D eigenvalue weighted by Gasteiger charge is 2.16. The van der Waals surface area contributed by atoms with Gasteiger partial charge in [-0.15, -0.1) is 0 Å². The summed E-state index contributed by atoms with van der Waals surface area (Å²) in [6, 6.07) is 0.421. The van der Waals surface area contributed by atoms with E-state index in [0.29, 0.717) is 11.7 Å². The van der Waals surface area contributed by atoms with E-state index in [2.05, 4.69) is 16.8 Å². The summed E-state index contributed by atoms with van der Waals surface area (Å²) in [4.78, 5) is 6.81.